The second-order valence-electron chi connectivity index (χ2n) is 4.92. The molecule has 0 N–H and O–H groups in total. The normalized spacial score (nSPS) is 22.7. The van der Waals surface area contributed by atoms with Crippen LogP contribution in [-0.4, -0.2) is 11.7 Å². The number of hydrogen-bond donors (Lipinski definition) is 0. The molecule has 1 saturated carbocycles. The van der Waals surface area contributed by atoms with Gasteiger partial charge in [-0.25, -0.2) is 8.78 Å². The van der Waals surface area contributed by atoms with Crippen molar-refractivity contribution < 1.29 is 13.6 Å². The summed E-state index contributed by atoms with van der Waals surface area (Å²) in [6, 6.07) is 6.95. The Bertz CT molecular complexity index is 428. The number of benzene rings is 1. The van der Waals surface area contributed by atoms with Crippen LogP contribution < -0.4 is 0 Å². The van der Waals surface area contributed by atoms with Crippen molar-refractivity contribution in [1.82, 2.24) is 0 Å². The summed E-state index contributed by atoms with van der Waals surface area (Å²) in [5, 5.41) is 0.607. The van der Waals surface area contributed by atoms with Gasteiger partial charge < -0.3 is 0 Å². The molecule has 1 aliphatic carbocycles. The Labute approximate surface area is 110 Å². The summed E-state index contributed by atoms with van der Waals surface area (Å²) < 4.78 is 26.5. The first kappa shape index (κ1) is 13.5. The Hall–Kier alpha value is -0.960. The van der Waals surface area contributed by atoms with E-state index in [4.69, 9.17) is 11.6 Å². The molecule has 1 aliphatic rings. The molecule has 0 radical (unpaired) electrons. The second-order valence-corrected chi connectivity index (χ2v) is 5.36. The Balaban J connectivity index is 1.97. The van der Waals surface area contributed by atoms with E-state index in [-0.39, 0.29) is 25.0 Å². The highest BCUT2D eigenvalue weighted by molar-refractivity contribution is 6.30. The molecule has 1 nitrogen and oxygen atoms in total. The van der Waals surface area contributed by atoms with Gasteiger partial charge in [0.2, 0.25) is 5.92 Å². The SMILES string of the molecule is O=C(Cc1ccc(Cl)cc1)C1CCCC(F)(F)C1. The highest BCUT2D eigenvalue weighted by atomic mass is 35.5. The van der Waals surface area contributed by atoms with Gasteiger partial charge in [-0.15, -0.1) is 0 Å². The molecule has 0 heterocycles. The van der Waals surface area contributed by atoms with Crippen LogP contribution in [0.1, 0.15) is 31.2 Å². The summed E-state index contributed by atoms with van der Waals surface area (Å²) in [5.74, 6) is -3.25. The molecule has 0 aliphatic heterocycles. The number of carbonyl (C=O) groups is 1. The van der Waals surface area contributed by atoms with Gasteiger partial charge in [0.05, 0.1) is 0 Å². The number of halogens is 3. The number of carbonyl (C=O) groups excluding carboxylic acids is 1. The van der Waals surface area contributed by atoms with Crippen LogP contribution in [0.5, 0.6) is 0 Å². The fourth-order valence-electron chi connectivity index (χ4n) is 2.39. The minimum atomic E-state index is -2.67. The van der Waals surface area contributed by atoms with E-state index in [1.165, 1.54) is 0 Å². The summed E-state index contributed by atoms with van der Waals surface area (Å²) in [4.78, 5) is 12.0. The van der Waals surface area contributed by atoms with Crippen LogP contribution in [0.4, 0.5) is 8.78 Å². The molecule has 18 heavy (non-hydrogen) atoms. The van der Waals surface area contributed by atoms with E-state index in [0.29, 0.717) is 17.9 Å². The van der Waals surface area contributed by atoms with Gasteiger partial charge in [-0.3, -0.25) is 4.79 Å². The van der Waals surface area contributed by atoms with Crippen LogP contribution in [0.25, 0.3) is 0 Å². The predicted octanol–water partition coefficient (Wildman–Crippen LogP) is 4.28. The maximum absolute atomic E-state index is 13.2. The van der Waals surface area contributed by atoms with Crippen molar-refractivity contribution in [1.29, 1.82) is 0 Å². The van der Waals surface area contributed by atoms with Gasteiger partial charge in [0, 0.05) is 30.2 Å². The summed E-state index contributed by atoms with van der Waals surface area (Å²) in [5.41, 5.74) is 0.832. The zero-order chi connectivity index (χ0) is 13.2. The number of ketones is 1. The molecular formula is C14H15ClF2O. The molecule has 1 aromatic rings. The van der Waals surface area contributed by atoms with E-state index in [0.717, 1.165) is 5.56 Å². The molecule has 1 aromatic carbocycles. The third-order valence-electron chi connectivity index (χ3n) is 3.39. The lowest BCUT2D eigenvalue weighted by molar-refractivity contribution is -0.129. The zero-order valence-corrected chi connectivity index (χ0v) is 10.7. The van der Waals surface area contributed by atoms with Crippen LogP contribution in [0, 0.1) is 5.92 Å². The molecule has 4 heteroatoms. The highest BCUT2D eigenvalue weighted by Gasteiger charge is 2.38. The number of alkyl halides is 2. The van der Waals surface area contributed by atoms with Crippen molar-refractivity contribution in [3.05, 3.63) is 34.9 Å². The lowest BCUT2D eigenvalue weighted by Crippen LogP contribution is -2.31. The zero-order valence-electron chi connectivity index (χ0n) is 9.96. The first-order valence-electron chi connectivity index (χ1n) is 6.11. The molecule has 0 spiro atoms. The van der Waals surface area contributed by atoms with E-state index in [9.17, 15) is 13.6 Å². The molecule has 1 fully saturated rings. The average Bonchev–Trinajstić information content (AvgIpc) is 2.31. The van der Waals surface area contributed by atoms with Gasteiger partial charge in [0.15, 0.2) is 0 Å². The predicted molar refractivity (Wildman–Crippen MR) is 67.1 cm³/mol. The van der Waals surface area contributed by atoms with Crippen molar-refractivity contribution >= 4 is 17.4 Å². The number of Topliss-reactive ketones (excluding diaryl/α,β-unsaturated/α-hetero) is 1. The molecule has 98 valence electrons. The minimum Gasteiger partial charge on any atom is -0.299 e. The minimum absolute atomic E-state index is 0.0856. The van der Waals surface area contributed by atoms with Gasteiger partial charge in [0.25, 0.3) is 0 Å². The average molecular weight is 273 g/mol. The van der Waals surface area contributed by atoms with Crippen molar-refractivity contribution in [2.75, 3.05) is 0 Å². The molecule has 2 rings (SSSR count). The smallest absolute Gasteiger partial charge is 0.248 e. The van der Waals surface area contributed by atoms with E-state index >= 15 is 0 Å². The van der Waals surface area contributed by atoms with Gasteiger partial charge in [-0.2, -0.15) is 0 Å². The first-order chi connectivity index (χ1) is 8.46. The van der Waals surface area contributed by atoms with Gasteiger partial charge in [0.1, 0.15) is 5.78 Å². The fraction of sp³-hybridized carbons (Fsp3) is 0.500. The van der Waals surface area contributed by atoms with Crippen LogP contribution in [-0.2, 0) is 11.2 Å². The fourth-order valence-corrected chi connectivity index (χ4v) is 2.52. The standard InChI is InChI=1S/C14H15ClF2O/c15-12-5-3-10(4-6-12)8-13(18)11-2-1-7-14(16,17)9-11/h3-6,11H,1-2,7-9H2. The van der Waals surface area contributed by atoms with Crippen molar-refractivity contribution in [3.63, 3.8) is 0 Å². The van der Waals surface area contributed by atoms with Crippen molar-refractivity contribution in [2.45, 2.75) is 38.0 Å². The molecule has 0 saturated heterocycles. The Morgan fingerprint density at radius 1 is 1.33 bits per heavy atom. The van der Waals surface area contributed by atoms with Crippen LogP contribution in [0.2, 0.25) is 5.02 Å². The van der Waals surface area contributed by atoms with Gasteiger partial charge in [-0.1, -0.05) is 23.7 Å². The van der Waals surface area contributed by atoms with Crippen molar-refractivity contribution in [2.24, 2.45) is 5.92 Å². The largest absolute Gasteiger partial charge is 0.299 e. The third-order valence-corrected chi connectivity index (χ3v) is 3.64. The van der Waals surface area contributed by atoms with Gasteiger partial charge >= 0.3 is 0 Å². The molecule has 0 bridgehead atoms. The Kier molecular flexibility index (Phi) is 4.00. The summed E-state index contributed by atoms with van der Waals surface area (Å²) in [6.07, 6.45) is 0.862. The number of rotatable bonds is 3. The van der Waals surface area contributed by atoms with Crippen LogP contribution >= 0.6 is 11.6 Å². The number of hydrogen-bond acceptors (Lipinski definition) is 1. The highest BCUT2D eigenvalue weighted by Crippen LogP contribution is 2.37. The quantitative estimate of drug-likeness (QED) is 0.803. The summed E-state index contributed by atoms with van der Waals surface area (Å²) in [7, 11) is 0. The topological polar surface area (TPSA) is 17.1 Å². The maximum Gasteiger partial charge on any atom is 0.248 e. The molecule has 0 aromatic heterocycles. The third kappa shape index (κ3) is 3.52. The molecule has 1 atom stereocenters. The molecule has 1 unspecified atom stereocenters. The molecule has 0 amide bonds. The maximum atomic E-state index is 13.2. The first-order valence-corrected chi connectivity index (χ1v) is 6.49. The lowest BCUT2D eigenvalue weighted by atomic mass is 9.82. The Morgan fingerprint density at radius 2 is 2.00 bits per heavy atom. The van der Waals surface area contributed by atoms with E-state index in [2.05, 4.69) is 0 Å². The van der Waals surface area contributed by atoms with E-state index < -0.39 is 11.8 Å². The van der Waals surface area contributed by atoms with Crippen molar-refractivity contribution in [3.8, 4) is 0 Å². The monoisotopic (exact) mass is 272 g/mol. The second kappa shape index (κ2) is 5.35. The Morgan fingerprint density at radius 3 is 2.61 bits per heavy atom. The molecular weight excluding hydrogens is 258 g/mol. The van der Waals surface area contributed by atoms with Crippen LogP contribution in [0.3, 0.4) is 0 Å². The summed E-state index contributed by atoms with van der Waals surface area (Å²) >= 11 is 5.75. The van der Waals surface area contributed by atoms with E-state index in [1.807, 2.05) is 0 Å². The lowest BCUT2D eigenvalue weighted by Gasteiger charge is -2.27. The van der Waals surface area contributed by atoms with Gasteiger partial charge in [-0.05, 0) is 30.5 Å². The summed E-state index contributed by atoms with van der Waals surface area (Å²) in [6.45, 7) is 0. The van der Waals surface area contributed by atoms with Crippen LogP contribution in [0.15, 0.2) is 24.3 Å². The van der Waals surface area contributed by atoms with E-state index in [1.54, 1.807) is 24.3 Å².